The first-order chi connectivity index (χ1) is 13.7. The summed E-state index contributed by atoms with van der Waals surface area (Å²) in [6.07, 6.45) is 1.25. The number of carbonyl (C=O) groups excluding carboxylic acids is 1. The highest BCUT2D eigenvalue weighted by molar-refractivity contribution is 8.01. The Hall–Kier alpha value is -2.57. The molecule has 0 radical (unpaired) electrons. The number of hydrogen-bond acceptors (Lipinski definition) is 8. The largest absolute Gasteiger partial charge is 0.477 e. The molecule has 2 aromatic heterocycles. The number of hydrogen-bond donors (Lipinski definition) is 3. The molecule has 4 heterocycles. The van der Waals surface area contributed by atoms with Crippen molar-refractivity contribution < 1.29 is 24.6 Å². The predicted octanol–water partition coefficient (Wildman–Crippen LogP) is 0.718. The maximum atomic E-state index is 12.1. The second kappa shape index (κ2) is 7.04. The summed E-state index contributed by atoms with van der Waals surface area (Å²) < 4.78 is 1.46. The van der Waals surface area contributed by atoms with Crippen LogP contribution in [0.15, 0.2) is 22.5 Å². The number of nitrogens with zero attached hydrogens (tertiary/aromatic N) is 4. The van der Waals surface area contributed by atoms with Crippen LogP contribution in [-0.2, 0) is 9.59 Å². The Kier molecular flexibility index (Phi) is 4.79. The van der Waals surface area contributed by atoms with Gasteiger partial charge in [0.1, 0.15) is 27.7 Å². The van der Waals surface area contributed by atoms with E-state index >= 15 is 0 Å². The Labute approximate surface area is 173 Å². The number of β-lactam (4-membered cyclic amide) rings is 1. The molecule has 2 atom stereocenters. The molecular formula is C17H17N5O5S2. The van der Waals surface area contributed by atoms with Gasteiger partial charge < -0.3 is 15.9 Å². The normalized spacial score (nSPS) is 21.3. The van der Waals surface area contributed by atoms with Crippen molar-refractivity contribution in [2.75, 3.05) is 11.5 Å². The van der Waals surface area contributed by atoms with E-state index < -0.39 is 23.9 Å². The van der Waals surface area contributed by atoms with Crippen LogP contribution in [0.2, 0.25) is 0 Å². The van der Waals surface area contributed by atoms with Gasteiger partial charge in [-0.3, -0.25) is 9.69 Å². The van der Waals surface area contributed by atoms with Crippen molar-refractivity contribution in [3.63, 3.8) is 0 Å². The fraction of sp³-hybridized carbons (Fsp3) is 0.353. The number of nitrogens with two attached hydrogens (primary N) is 1. The minimum atomic E-state index is -1.16. The number of thioether (sulfide) groups is 2. The number of carboxylic acid groups (broad SMARTS) is 2. The van der Waals surface area contributed by atoms with Gasteiger partial charge >= 0.3 is 11.9 Å². The molecule has 0 saturated carbocycles. The second-order valence-corrected chi connectivity index (χ2v) is 8.78. The van der Waals surface area contributed by atoms with Crippen molar-refractivity contribution in [1.82, 2.24) is 19.5 Å². The number of aromatic carboxylic acids is 1. The zero-order valence-electron chi connectivity index (χ0n) is 15.4. The maximum absolute atomic E-state index is 12.1. The lowest BCUT2D eigenvalue weighted by Crippen LogP contribution is -2.68. The average molecular weight is 435 g/mol. The van der Waals surface area contributed by atoms with E-state index in [0.29, 0.717) is 27.8 Å². The number of amides is 1. The summed E-state index contributed by atoms with van der Waals surface area (Å²) in [4.78, 5) is 40.9. The van der Waals surface area contributed by atoms with Crippen molar-refractivity contribution in [2.45, 2.75) is 30.3 Å². The number of carboxylic acids is 2. The molecule has 0 spiro atoms. The van der Waals surface area contributed by atoms with Crippen molar-refractivity contribution >= 4 is 47.0 Å². The quantitative estimate of drug-likeness (QED) is 0.348. The molecule has 10 nitrogen and oxygen atoms in total. The number of aliphatic carboxylic acids is 1. The summed E-state index contributed by atoms with van der Waals surface area (Å²) in [6.45, 7) is 3.63. The third-order valence-electron chi connectivity index (χ3n) is 4.98. The Balaban J connectivity index is 1.71. The van der Waals surface area contributed by atoms with Crippen LogP contribution < -0.4 is 5.73 Å². The molecule has 12 heteroatoms. The molecule has 4 rings (SSSR count). The first-order valence-corrected chi connectivity index (χ1v) is 10.6. The molecular weight excluding hydrogens is 418 g/mol. The van der Waals surface area contributed by atoms with E-state index in [-0.39, 0.29) is 22.3 Å². The lowest BCUT2D eigenvalue weighted by atomic mass is 10.0. The molecule has 0 aromatic carbocycles. The van der Waals surface area contributed by atoms with Crippen LogP contribution in [0.5, 0.6) is 0 Å². The van der Waals surface area contributed by atoms with Crippen molar-refractivity contribution in [3.05, 3.63) is 34.3 Å². The molecule has 1 saturated heterocycles. The smallest absolute Gasteiger partial charge is 0.352 e. The lowest BCUT2D eigenvalue weighted by molar-refractivity contribution is -0.147. The van der Waals surface area contributed by atoms with E-state index in [9.17, 15) is 24.6 Å². The molecule has 152 valence electrons. The predicted molar refractivity (Wildman–Crippen MR) is 106 cm³/mol. The van der Waals surface area contributed by atoms with Crippen LogP contribution in [0.25, 0.3) is 5.65 Å². The molecule has 1 amide bonds. The van der Waals surface area contributed by atoms with E-state index in [2.05, 4.69) is 10.1 Å². The first-order valence-electron chi connectivity index (χ1n) is 8.59. The summed E-state index contributed by atoms with van der Waals surface area (Å²) in [6, 6.07) is -0.674. The molecule has 4 N–H and O–H groups in total. The fourth-order valence-electron chi connectivity index (χ4n) is 3.32. The van der Waals surface area contributed by atoms with E-state index in [0.717, 1.165) is 5.56 Å². The molecule has 1 unspecified atom stereocenters. The molecule has 0 bridgehead atoms. The summed E-state index contributed by atoms with van der Waals surface area (Å²) in [7, 11) is 0. The van der Waals surface area contributed by atoms with Crippen LogP contribution >= 0.6 is 23.5 Å². The molecule has 0 aliphatic carbocycles. The van der Waals surface area contributed by atoms with E-state index in [4.69, 9.17) is 5.73 Å². The molecule has 2 aliphatic rings. The number of aromatic nitrogens is 3. The standard InChI is InChI=1S/C17H17N5O5S2/c1-6-7(2)20-12-9(16(24)25)3-19-22(12)14(6)28-4-8-5-29-15-10(18)13(23)21(15)11(8)17(26)27/h3,10,15H,4-5,18H2,1-2H3,(H,24,25)(H,26,27)/t10?,15-/m0/s1. The highest BCUT2D eigenvalue weighted by Gasteiger charge is 2.51. The van der Waals surface area contributed by atoms with Gasteiger partial charge in [-0.2, -0.15) is 5.10 Å². The highest BCUT2D eigenvalue weighted by Crippen LogP contribution is 2.41. The van der Waals surface area contributed by atoms with E-state index in [1.165, 1.54) is 39.1 Å². The van der Waals surface area contributed by atoms with Crippen LogP contribution in [0.1, 0.15) is 21.6 Å². The van der Waals surface area contributed by atoms with E-state index in [1.54, 1.807) is 6.92 Å². The minimum Gasteiger partial charge on any atom is -0.477 e. The molecule has 1 fully saturated rings. The number of fused-ring (bicyclic) bond motifs is 2. The Morgan fingerprint density at radius 1 is 1.34 bits per heavy atom. The van der Waals surface area contributed by atoms with Crippen LogP contribution in [0.4, 0.5) is 0 Å². The summed E-state index contributed by atoms with van der Waals surface area (Å²) in [5.41, 5.74) is 8.09. The summed E-state index contributed by atoms with van der Waals surface area (Å²) >= 11 is 2.78. The zero-order valence-corrected chi connectivity index (χ0v) is 17.1. The number of carbonyl (C=O) groups is 3. The molecule has 29 heavy (non-hydrogen) atoms. The third-order valence-corrected chi connectivity index (χ3v) is 7.58. The van der Waals surface area contributed by atoms with Gasteiger partial charge in [0.05, 0.1) is 6.20 Å². The fourth-order valence-corrected chi connectivity index (χ4v) is 5.91. The maximum Gasteiger partial charge on any atom is 0.352 e. The van der Waals surface area contributed by atoms with Crippen molar-refractivity contribution in [2.24, 2.45) is 5.73 Å². The van der Waals surface area contributed by atoms with Crippen LogP contribution in [0.3, 0.4) is 0 Å². The number of rotatable bonds is 5. The lowest BCUT2D eigenvalue weighted by Gasteiger charge is -2.48. The Morgan fingerprint density at radius 2 is 2.07 bits per heavy atom. The molecule has 2 aliphatic heterocycles. The van der Waals surface area contributed by atoms with Gasteiger partial charge in [0, 0.05) is 22.8 Å². The monoisotopic (exact) mass is 435 g/mol. The van der Waals surface area contributed by atoms with Crippen LogP contribution in [0, 0.1) is 13.8 Å². The SMILES string of the molecule is Cc1nc2c(C(=O)O)cnn2c(SCC2=C(C(=O)O)N3C(=O)C(N)[C@@H]3SC2)c1C. The molecule has 2 aromatic rings. The topological polar surface area (TPSA) is 151 Å². The second-order valence-electron chi connectivity index (χ2n) is 6.71. The Morgan fingerprint density at radius 3 is 2.72 bits per heavy atom. The van der Waals surface area contributed by atoms with Gasteiger partial charge in [0.25, 0.3) is 0 Å². The summed E-state index contributed by atoms with van der Waals surface area (Å²) in [5.74, 6) is -1.92. The van der Waals surface area contributed by atoms with Crippen molar-refractivity contribution in [1.29, 1.82) is 0 Å². The summed E-state index contributed by atoms with van der Waals surface area (Å²) in [5, 5.41) is 23.5. The van der Waals surface area contributed by atoms with Crippen LogP contribution in [-0.4, -0.2) is 70.5 Å². The third kappa shape index (κ3) is 2.98. The van der Waals surface area contributed by atoms with Crippen molar-refractivity contribution in [3.8, 4) is 0 Å². The zero-order chi connectivity index (χ0) is 21.0. The van der Waals surface area contributed by atoms with Gasteiger partial charge in [-0.25, -0.2) is 19.1 Å². The van der Waals surface area contributed by atoms with Gasteiger partial charge in [0.2, 0.25) is 5.91 Å². The first kappa shape index (κ1) is 19.7. The van der Waals surface area contributed by atoms with E-state index in [1.807, 2.05) is 6.92 Å². The average Bonchev–Trinajstić information content (AvgIpc) is 3.10. The minimum absolute atomic E-state index is 0.00313. The van der Waals surface area contributed by atoms with Gasteiger partial charge in [-0.1, -0.05) is 0 Å². The van der Waals surface area contributed by atoms with Gasteiger partial charge in [-0.05, 0) is 19.4 Å². The Bertz CT molecular complexity index is 1110. The highest BCUT2D eigenvalue weighted by atomic mass is 32.2. The number of aryl methyl sites for hydroxylation is 1. The van der Waals surface area contributed by atoms with Gasteiger partial charge in [0.15, 0.2) is 5.65 Å². The van der Waals surface area contributed by atoms with Gasteiger partial charge in [-0.15, -0.1) is 23.5 Å².